The summed E-state index contributed by atoms with van der Waals surface area (Å²) in [4.78, 5) is 23.8. The van der Waals surface area contributed by atoms with Gasteiger partial charge in [0, 0.05) is 24.1 Å². The first-order valence-corrected chi connectivity index (χ1v) is 10.7. The molecule has 1 heterocycles. The van der Waals surface area contributed by atoms with Crippen LogP contribution >= 0.6 is 11.8 Å². The predicted octanol–water partition coefficient (Wildman–Crippen LogP) is 3.57. The molecule has 0 spiro atoms. The molecular weight excluding hydrogens is 402 g/mol. The molecule has 1 aliphatic carbocycles. The SMILES string of the molecule is O=C(NC(CSCn1cccn1)C(=O)O)OCC1c2ccccc2-c2ccccc21. The van der Waals surface area contributed by atoms with Crippen LogP contribution in [0.4, 0.5) is 4.79 Å². The number of nitrogens with one attached hydrogen (secondary N) is 1. The minimum Gasteiger partial charge on any atom is -0.480 e. The zero-order chi connectivity index (χ0) is 20.9. The van der Waals surface area contributed by atoms with Gasteiger partial charge in [0.2, 0.25) is 0 Å². The molecule has 7 nitrogen and oxygen atoms in total. The van der Waals surface area contributed by atoms with E-state index < -0.39 is 18.1 Å². The van der Waals surface area contributed by atoms with Crippen molar-refractivity contribution in [1.82, 2.24) is 15.1 Å². The van der Waals surface area contributed by atoms with Gasteiger partial charge in [-0.2, -0.15) is 5.10 Å². The Labute approximate surface area is 178 Å². The summed E-state index contributed by atoms with van der Waals surface area (Å²) < 4.78 is 7.12. The Morgan fingerprint density at radius 2 is 1.77 bits per heavy atom. The van der Waals surface area contributed by atoms with Crippen LogP contribution in [0.25, 0.3) is 11.1 Å². The molecular formula is C22H21N3O4S. The van der Waals surface area contributed by atoms with Gasteiger partial charge in [0.15, 0.2) is 0 Å². The zero-order valence-electron chi connectivity index (χ0n) is 16.1. The smallest absolute Gasteiger partial charge is 0.407 e. The summed E-state index contributed by atoms with van der Waals surface area (Å²) in [5, 5.41) is 15.9. The molecule has 0 saturated heterocycles. The maximum absolute atomic E-state index is 12.3. The van der Waals surface area contributed by atoms with Crippen LogP contribution in [0, 0.1) is 0 Å². The highest BCUT2D eigenvalue weighted by Gasteiger charge is 2.29. The van der Waals surface area contributed by atoms with Crippen LogP contribution < -0.4 is 5.32 Å². The molecule has 1 unspecified atom stereocenters. The van der Waals surface area contributed by atoms with Gasteiger partial charge in [0.1, 0.15) is 12.6 Å². The number of fused-ring (bicyclic) bond motifs is 3. The second-order valence-electron chi connectivity index (χ2n) is 6.91. The normalized spacial score (nSPS) is 13.3. The number of ether oxygens (including phenoxy) is 1. The third kappa shape index (κ3) is 4.33. The number of hydrogen-bond donors (Lipinski definition) is 2. The highest BCUT2D eigenvalue weighted by atomic mass is 32.2. The number of carboxylic acids is 1. The van der Waals surface area contributed by atoms with Gasteiger partial charge in [0.05, 0.1) is 5.88 Å². The van der Waals surface area contributed by atoms with Gasteiger partial charge < -0.3 is 15.2 Å². The van der Waals surface area contributed by atoms with Crippen molar-refractivity contribution >= 4 is 23.8 Å². The Bertz CT molecular complexity index is 993. The number of alkyl carbamates (subject to hydrolysis) is 1. The second kappa shape index (κ2) is 9.04. The van der Waals surface area contributed by atoms with E-state index in [1.807, 2.05) is 36.4 Å². The number of aromatic nitrogens is 2. The third-order valence-corrected chi connectivity index (χ3v) is 6.02. The average molecular weight is 423 g/mol. The van der Waals surface area contributed by atoms with Gasteiger partial charge in [-0.25, -0.2) is 9.59 Å². The molecule has 1 aliphatic rings. The number of aliphatic carboxylic acids is 1. The first-order chi connectivity index (χ1) is 14.6. The quantitative estimate of drug-likeness (QED) is 0.575. The minimum absolute atomic E-state index is 0.0689. The summed E-state index contributed by atoms with van der Waals surface area (Å²) in [6.07, 6.45) is 2.72. The van der Waals surface area contributed by atoms with Gasteiger partial charge in [-0.3, -0.25) is 4.68 Å². The van der Waals surface area contributed by atoms with Gasteiger partial charge in [-0.05, 0) is 28.3 Å². The number of hydrogen-bond acceptors (Lipinski definition) is 5. The lowest BCUT2D eigenvalue weighted by molar-refractivity contribution is -0.138. The molecule has 2 aromatic carbocycles. The van der Waals surface area contributed by atoms with E-state index in [0.717, 1.165) is 22.3 Å². The molecule has 0 radical (unpaired) electrons. The highest BCUT2D eigenvalue weighted by molar-refractivity contribution is 7.98. The van der Waals surface area contributed by atoms with Crippen LogP contribution in [0.1, 0.15) is 17.0 Å². The first-order valence-electron chi connectivity index (χ1n) is 9.53. The second-order valence-corrected chi connectivity index (χ2v) is 7.91. The molecule has 1 atom stereocenters. The Morgan fingerprint density at radius 3 is 2.37 bits per heavy atom. The summed E-state index contributed by atoms with van der Waals surface area (Å²) in [5.41, 5.74) is 4.49. The lowest BCUT2D eigenvalue weighted by Gasteiger charge is -2.17. The van der Waals surface area contributed by atoms with E-state index in [2.05, 4.69) is 22.5 Å². The molecule has 3 aromatic rings. The number of carbonyl (C=O) groups excluding carboxylic acids is 1. The van der Waals surface area contributed by atoms with Crippen molar-refractivity contribution < 1.29 is 19.4 Å². The van der Waals surface area contributed by atoms with Crippen LogP contribution in [-0.2, 0) is 15.4 Å². The Hall–Kier alpha value is -3.26. The highest BCUT2D eigenvalue weighted by Crippen LogP contribution is 2.44. The zero-order valence-corrected chi connectivity index (χ0v) is 16.9. The Balaban J connectivity index is 1.35. The molecule has 0 fully saturated rings. The number of carboxylic acid groups (broad SMARTS) is 1. The fourth-order valence-corrected chi connectivity index (χ4v) is 4.50. The van der Waals surface area contributed by atoms with Crippen LogP contribution in [0.2, 0.25) is 0 Å². The maximum Gasteiger partial charge on any atom is 0.407 e. The van der Waals surface area contributed by atoms with Gasteiger partial charge in [-0.15, -0.1) is 11.8 Å². The van der Waals surface area contributed by atoms with Crippen molar-refractivity contribution in [2.24, 2.45) is 0 Å². The summed E-state index contributed by atoms with van der Waals surface area (Å²) in [6, 6.07) is 16.9. The molecule has 154 valence electrons. The van der Waals surface area contributed by atoms with Gasteiger partial charge in [-0.1, -0.05) is 48.5 Å². The number of nitrogens with zero attached hydrogens (tertiary/aromatic N) is 2. The molecule has 0 bridgehead atoms. The Morgan fingerprint density at radius 1 is 1.10 bits per heavy atom. The minimum atomic E-state index is -1.10. The lowest BCUT2D eigenvalue weighted by Crippen LogP contribution is -2.43. The largest absolute Gasteiger partial charge is 0.480 e. The molecule has 0 saturated carbocycles. The summed E-state index contributed by atoms with van der Waals surface area (Å²) >= 11 is 1.36. The van der Waals surface area contributed by atoms with Crippen molar-refractivity contribution in [3.8, 4) is 11.1 Å². The van der Waals surface area contributed by atoms with E-state index in [4.69, 9.17) is 4.74 Å². The van der Waals surface area contributed by atoms with Gasteiger partial charge >= 0.3 is 12.1 Å². The number of rotatable bonds is 8. The van der Waals surface area contributed by atoms with E-state index in [1.54, 1.807) is 23.1 Å². The summed E-state index contributed by atoms with van der Waals surface area (Å²) in [6.45, 7) is 0.145. The summed E-state index contributed by atoms with van der Waals surface area (Å²) in [7, 11) is 0. The predicted molar refractivity (Wildman–Crippen MR) is 114 cm³/mol. The molecule has 1 amide bonds. The van der Waals surface area contributed by atoms with Gasteiger partial charge in [0.25, 0.3) is 0 Å². The fraction of sp³-hybridized carbons (Fsp3) is 0.227. The van der Waals surface area contributed by atoms with Crippen LogP contribution in [0.15, 0.2) is 67.0 Å². The van der Waals surface area contributed by atoms with Crippen molar-refractivity contribution in [2.45, 2.75) is 17.8 Å². The third-order valence-electron chi connectivity index (χ3n) is 5.00. The first kappa shape index (κ1) is 20.0. The number of thioether (sulfide) groups is 1. The van der Waals surface area contributed by atoms with E-state index in [-0.39, 0.29) is 18.3 Å². The van der Waals surface area contributed by atoms with E-state index in [0.29, 0.717) is 5.88 Å². The van der Waals surface area contributed by atoms with Crippen molar-refractivity contribution in [2.75, 3.05) is 12.4 Å². The van der Waals surface area contributed by atoms with Crippen molar-refractivity contribution in [3.05, 3.63) is 78.1 Å². The molecule has 1 aromatic heterocycles. The van der Waals surface area contributed by atoms with E-state index in [9.17, 15) is 14.7 Å². The van der Waals surface area contributed by atoms with Crippen molar-refractivity contribution in [3.63, 3.8) is 0 Å². The fourth-order valence-electron chi connectivity index (χ4n) is 3.60. The van der Waals surface area contributed by atoms with Crippen LogP contribution in [-0.4, -0.2) is 45.4 Å². The lowest BCUT2D eigenvalue weighted by atomic mass is 9.98. The standard InChI is InChI=1S/C22H21N3O4S/c26-21(27)20(13-30-14-25-11-5-10-23-25)24-22(28)29-12-19-17-8-3-1-6-15(17)16-7-2-4-9-18(16)19/h1-11,19-20H,12-14H2,(H,24,28)(H,26,27). The van der Waals surface area contributed by atoms with E-state index in [1.165, 1.54) is 11.8 Å². The molecule has 2 N–H and O–H groups in total. The molecule has 8 heteroatoms. The van der Waals surface area contributed by atoms with Crippen LogP contribution in [0.3, 0.4) is 0 Å². The average Bonchev–Trinajstić information content (AvgIpc) is 3.38. The summed E-state index contributed by atoms with van der Waals surface area (Å²) in [5.74, 6) is -0.459. The number of benzene rings is 2. The molecule has 4 rings (SSSR count). The van der Waals surface area contributed by atoms with Crippen molar-refractivity contribution in [1.29, 1.82) is 0 Å². The monoisotopic (exact) mass is 423 g/mol. The Kier molecular flexibility index (Phi) is 6.04. The topological polar surface area (TPSA) is 93.5 Å². The molecule has 0 aliphatic heterocycles. The molecule has 30 heavy (non-hydrogen) atoms. The maximum atomic E-state index is 12.3. The van der Waals surface area contributed by atoms with E-state index >= 15 is 0 Å². The number of carbonyl (C=O) groups is 2. The van der Waals surface area contributed by atoms with Crippen LogP contribution in [0.5, 0.6) is 0 Å². The number of amides is 1.